The number of nitrogens with zero attached hydrogens (tertiary/aromatic N) is 6. The number of halogens is 2. The first-order chi connectivity index (χ1) is 20.2. The lowest BCUT2D eigenvalue weighted by atomic mass is 9.71. The first-order valence-electron chi connectivity index (χ1n) is 14.2. The average Bonchev–Trinajstić information content (AvgIpc) is 3.25. The van der Waals surface area contributed by atoms with Crippen LogP contribution in [0, 0.1) is 11.3 Å². The Bertz CT molecular complexity index is 1950. The second-order valence-corrected chi connectivity index (χ2v) is 13.1. The van der Waals surface area contributed by atoms with Crippen molar-refractivity contribution in [3.05, 3.63) is 111 Å². The largest absolute Gasteiger partial charge is 0.303 e. The molecule has 3 unspecified atom stereocenters. The summed E-state index contributed by atoms with van der Waals surface area (Å²) in [5.41, 5.74) is 9.04. The molecule has 7 nitrogen and oxygen atoms in total. The summed E-state index contributed by atoms with van der Waals surface area (Å²) in [5.74, 6) is 0.0458. The summed E-state index contributed by atoms with van der Waals surface area (Å²) in [6, 6.07) is 15.1. The molecule has 2 aliphatic carbocycles. The third kappa shape index (κ3) is 3.88. The molecule has 42 heavy (non-hydrogen) atoms. The number of aliphatic imine (C=N–C) groups is 1. The second-order valence-electron chi connectivity index (χ2n) is 12.6. The van der Waals surface area contributed by atoms with E-state index in [1.165, 1.54) is 23.0 Å². The predicted octanol–water partition coefficient (Wildman–Crippen LogP) is 6.67. The minimum Gasteiger partial charge on any atom is -0.303 e. The van der Waals surface area contributed by atoms with Gasteiger partial charge in [-0.15, -0.1) is 5.10 Å². The van der Waals surface area contributed by atoms with Gasteiger partial charge in [-0.25, -0.2) is 4.99 Å². The maximum absolute atomic E-state index is 15.5. The second kappa shape index (κ2) is 8.91. The number of tetrazole rings is 1. The van der Waals surface area contributed by atoms with E-state index < -0.39 is 5.95 Å². The molecule has 9 heteroatoms. The molecule has 2 aromatic heterocycles. The molecule has 1 saturated carbocycles. The molecular weight excluding hydrogens is 551 g/mol. The molecule has 0 saturated heterocycles. The Labute approximate surface area is 247 Å². The summed E-state index contributed by atoms with van der Waals surface area (Å²) in [6.07, 6.45) is 4.61. The normalized spacial score (nSPS) is 23.5. The molecule has 0 bridgehead atoms. The molecule has 0 radical (unpaired) electrons. The van der Waals surface area contributed by atoms with Crippen molar-refractivity contribution in [2.45, 2.75) is 51.5 Å². The van der Waals surface area contributed by atoms with E-state index in [0.29, 0.717) is 17.0 Å². The Kier molecular flexibility index (Phi) is 5.42. The summed E-state index contributed by atoms with van der Waals surface area (Å²) < 4.78 is 18.9. The Hall–Kier alpha value is -4.17. The third-order valence-corrected chi connectivity index (χ3v) is 9.84. The van der Waals surface area contributed by atoms with Crippen LogP contribution in [0.15, 0.2) is 82.7 Å². The number of fused-ring (bicyclic) bond motifs is 4. The van der Waals surface area contributed by atoms with Crippen LogP contribution in [0.2, 0.25) is 5.02 Å². The zero-order valence-corrected chi connectivity index (χ0v) is 24.1. The van der Waals surface area contributed by atoms with E-state index in [1.807, 2.05) is 22.8 Å². The number of rotatable bonds is 4. The van der Waals surface area contributed by atoms with Gasteiger partial charge >= 0.3 is 0 Å². The van der Waals surface area contributed by atoms with Gasteiger partial charge in [0.2, 0.25) is 5.95 Å². The van der Waals surface area contributed by atoms with Crippen LogP contribution in [-0.2, 0) is 12.8 Å². The van der Waals surface area contributed by atoms with Gasteiger partial charge in [0.1, 0.15) is 6.33 Å². The van der Waals surface area contributed by atoms with Gasteiger partial charge in [0, 0.05) is 46.0 Å². The third-order valence-electron chi connectivity index (χ3n) is 9.60. The lowest BCUT2D eigenvalue weighted by Gasteiger charge is -2.34. The van der Waals surface area contributed by atoms with E-state index in [2.05, 4.69) is 59.1 Å². The van der Waals surface area contributed by atoms with Crippen LogP contribution in [0.1, 0.15) is 61.0 Å². The van der Waals surface area contributed by atoms with Crippen molar-refractivity contribution in [1.82, 2.24) is 24.8 Å². The zero-order valence-electron chi connectivity index (χ0n) is 23.3. The maximum Gasteiger partial charge on any atom is 0.251 e. The van der Waals surface area contributed by atoms with Gasteiger partial charge in [0.15, 0.2) is 0 Å². The van der Waals surface area contributed by atoms with Crippen molar-refractivity contribution in [1.29, 1.82) is 0 Å². The number of hydrogen-bond acceptors (Lipinski definition) is 5. The molecule has 4 heterocycles. The molecule has 210 valence electrons. The Morgan fingerprint density at radius 2 is 1.90 bits per heavy atom. The highest BCUT2D eigenvalue weighted by molar-refractivity contribution is 6.31. The fraction of sp³-hybridized carbons (Fsp3) is 0.303. The van der Waals surface area contributed by atoms with Crippen LogP contribution >= 0.6 is 11.6 Å². The minimum absolute atomic E-state index is 0.0163. The SMILES string of the molecule is C=C1Cc2ccc(C3=C(F)N=C(C4C5CC5c5cc(-c6cc(Cl)ccc6-n6cnnn6)cc(=O)n54)C3)cc2CC1(C)C. The zero-order chi connectivity index (χ0) is 28.9. The highest BCUT2D eigenvalue weighted by Gasteiger charge is 2.55. The fourth-order valence-corrected chi connectivity index (χ4v) is 7.31. The average molecular weight is 579 g/mol. The maximum atomic E-state index is 15.5. The van der Waals surface area contributed by atoms with Gasteiger partial charge in [-0.2, -0.15) is 9.07 Å². The van der Waals surface area contributed by atoms with Crippen molar-refractivity contribution in [3.63, 3.8) is 0 Å². The van der Waals surface area contributed by atoms with E-state index in [-0.39, 0.29) is 28.9 Å². The molecule has 0 spiro atoms. The minimum atomic E-state index is -0.440. The summed E-state index contributed by atoms with van der Waals surface area (Å²) >= 11 is 6.36. The van der Waals surface area contributed by atoms with Crippen LogP contribution < -0.4 is 5.56 Å². The standard InChI is InChI=1S/C33H28ClFN6O/c1-17-8-18-4-5-19(9-21(18)15-33(17,2)3)24-14-27(37-32(24)35)31-26-13-25(26)29-10-20(11-30(42)41(29)31)23-12-22(34)6-7-28(23)40-16-36-38-39-40/h4-7,9-12,16,25-26,31H,1,8,13-15H2,2-3H3. The van der Waals surface area contributed by atoms with E-state index in [0.717, 1.165) is 53.0 Å². The van der Waals surface area contributed by atoms with Crippen molar-refractivity contribution < 1.29 is 4.39 Å². The van der Waals surface area contributed by atoms with Crippen LogP contribution in [0.4, 0.5) is 4.39 Å². The van der Waals surface area contributed by atoms with E-state index >= 15 is 4.39 Å². The molecule has 0 amide bonds. The first-order valence-corrected chi connectivity index (χ1v) is 14.6. The van der Waals surface area contributed by atoms with Crippen LogP contribution in [0.3, 0.4) is 0 Å². The number of hydrogen-bond donors (Lipinski definition) is 0. The fourth-order valence-electron chi connectivity index (χ4n) is 7.14. The topological polar surface area (TPSA) is 78.0 Å². The summed E-state index contributed by atoms with van der Waals surface area (Å²) in [5, 5.41) is 12.1. The molecule has 2 aliphatic heterocycles. The lowest BCUT2D eigenvalue weighted by molar-refractivity contribution is 0.418. The van der Waals surface area contributed by atoms with Crippen molar-refractivity contribution in [3.8, 4) is 16.8 Å². The molecule has 8 rings (SSSR count). The molecule has 0 N–H and O–H groups in total. The Balaban J connectivity index is 1.12. The lowest BCUT2D eigenvalue weighted by Crippen LogP contribution is -2.29. The van der Waals surface area contributed by atoms with Gasteiger partial charge in [-0.1, -0.05) is 55.8 Å². The molecule has 1 fully saturated rings. The van der Waals surface area contributed by atoms with Gasteiger partial charge < -0.3 is 4.57 Å². The van der Waals surface area contributed by atoms with Gasteiger partial charge in [0.05, 0.1) is 11.7 Å². The smallest absolute Gasteiger partial charge is 0.251 e. The first kappa shape index (κ1) is 25.5. The van der Waals surface area contributed by atoms with Gasteiger partial charge in [-0.05, 0) is 87.5 Å². The highest BCUT2D eigenvalue weighted by atomic mass is 35.5. The molecule has 4 aromatic rings. The van der Waals surface area contributed by atoms with E-state index in [4.69, 9.17) is 11.6 Å². The van der Waals surface area contributed by atoms with Crippen LogP contribution in [-0.4, -0.2) is 30.5 Å². The summed E-state index contributed by atoms with van der Waals surface area (Å²) in [7, 11) is 0. The molecule has 2 aromatic carbocycles. The Morgan fingerprint density at radius 3 is 2.71 bits per heavy atom. The van der Waals surface area contributed by atoms with Crippen molar-refractivity contribution >= 4 is 22.9 Å². The Morgan fingerprint density at radius 1 is 1.05 bits per heavy atom. The van der Waals surface area contributed by atoms with Crippen LogP contribution in [0.25, 0.3) is 22.4 Å². The van der Waals surface area contributed by atoms with E-state index in [1.54, 1.807) is 16.8 Å². The van der Waals surface area contributed by atoms with Crippen molar-refractivity contribution in [2.75, 3.05) is 0 Å². The van der Waals surface area contributed by atoms with Crippen molar-refractivity contribution in [2.24, 2.45) is 16.3 Å². The van der Waals surface area contributed by atoms with E-state index in [9.17, 15) is 4.79 Å². The number of allylic oxidation sites excluding steroid dienone is 2. The highest BCUT2D eigenvalue weighted by Crippen LogP contribution is 2.60. The summed E-state index contributed by atoms with van der Waals surface area (Å²) in [4.78, 5) is 18.2. The quantitative estimate of drug-likeness (QED) is 0.200. The van der Waals surface area contributed by atoms with Gasteiger partial charge in [0.25, 0.3) is 5.56 Å². The number of pyridine rings is 1. The van der Waals surface area contributed by atoms with Crippen LogP contribution in [0.5, 0.6) is 0 Å². The molecule has 3 atom stereocenters. The molecule has 4 aliphatic rings. The number of aromatic nitrogens is 5. The number of benzene rings is 2. The van der Waals surface area contributed by atoms with Gasteiger partial charge in [-0.3, -0.25) is 4.79 Å². The molecular formula is C33H28ClFN6O. The monoisotopic (exact) mass is 578 g/mol. The predicted molar refractivity (Wildman–Crippen MR) is 161 cm³/mol. The summed E-state index contributed by atoms with van der Waals surface area (Å²) in [6.45, 7) is 8.71.